The van der Waals surface area contributed by atoms with Crippen molar-refractivity contribution in [2.24, 2.45) is 0 Å². The molecule has 0 aliphatic carbocycles. The minimum atomic E-state index is -0.189. The number of nitrogen functional groups attached to an aromatic ring is 1. The van der Waals surface area contributed by atoms with Gasteiger partial charge in [0.15, 0.2) is 0 Å². The van der Waals surface area contributed by atoms with E-state index < -0.39 is 0 Å². The molecule has 1 rings (SSSR count). The Bertz CT molecular complexity index is 376. The van der Waals surface area contributed by atoms with E-state index in [1.165, 1.54) is 6.08 Å². The third-order valence-electron chi connectivity index (χ3n) is 2.20. The zero-order valence-corrected chi connectivity index (χ0v) is 9.00. The van der Waals surface area contributed by atoms with Crippen LogP contribution in [-0.2, 0) is 11.3 Å². The summed E-state index contributed by atoms with van der Waals surface area (Å²) in [7, 11) is 0. The van der Waals surface area contributed by atoms with Gasteiger partial charge >= 0.3 is 0 Å². The quantitative estimate of drug-likeness (QED) is 0.726. The Morgan fingerprint density at radius 2 is 2.33 bits per heavy atom. The second-order valence-corrected chi connectivity index (χ2v) is 3.35. The van der Waals surface area contributed by atoms with Crippen molar-refractivity contribution in [3.63, 3.8) is 0 Å². The lowest BCUT2D eigenvalue weighted by molar-refractivity contribution is -0.116. The zero-order valence-electron chi connectivity index (χ0n) is 9.00. The number of hydrogen-bond donors (Lipinski definition) is 2. The Morgan fingerprint density at radius 3 is 2.87 bits per heavy atom. The van der Waals surface area contributed by atoms with Crippen molar-refractivity contribution >= 4 is 11.7 Å². The second kappa shape index (κ2) is 4.59. The van der Waals surface area contributed by atoms with Gasteiger partial charge in [0.05, 0.1) is 0 Å². The van der Waals surface area contributed by atoms with Crippen LogP contribution in [0.2, 0.25) is 0 Å². The molecule has 0 fully saturated rings. The number of pyridine rings is 1. The third-order valence-corrected chi connectivity index (χ3v) is 2.20. The smallest absolute Gasteiger partial charge is 0.243 e. The number of rotatable bonds is 3. The molecule has 80 valence electrons. The highest BCUT2D eigenvalue weighted by Crippen LogP contribution is 2.14. The van der Waals surface area contributed by atoms with Gasteiger partial charge in [-0.05, 0) is 37.1 Å². The minimum absolute atomic E-state index is 0.189. The molecule has 0 unspecified atom stereocenters. The van der Waals surface area contributed by atoms with Gasteiger partial charge in [0.1, 0.15) is 5.82 Å². The molecule has 1 amide bonds. The standard InChI is InChI=1S/C11H15N3O/c1-4-11(15)13-6-9-7(2)5-10(12)14-8(9)3/h4-5H,1,6H2,2-3H3,(H2,12,14)(H,13,15). The van der Waals surface area contributed by atoms with Crippen molar-refractivity contribution in [3.8, 4) is 0 Å². The molecule has 1 aromatic rings. The molecule has 0 radical (unpaired) electrons. The number of carbonyl (C=O) groups is 1. The number of nitrogens with two attached hydrogens (primary N) is 1. The summed E-state index contributed by atoms with van der Waals surface area (Å²) in [6, 6.07) is 1.79. The van der Waals surface area contributed by atoms with E-state index in [1.54, 1.807) is 6.07 Å². The molecule has 0 aliphatic rings. The van der Waals surface area contributed by atoms with Crippen molar-refractivity contribution in [1.82, 2.24) is 10.3 Å². The predicted molar refractivity (Wildman–Crippen MR) is 60.2 cm³/mol. The Morgan fingerprint density at radius 1 is 1.67 bits per heavy atom. The number of aromatic nitrogens is 1. The van der Waals surface area contributed by atoms with Crippen LogP contribution >= 0.6 is 0 Å². The van der Waals surface area contributed by atoms with E-state index in [2.05, 4.69) is 16.9 Å². The van der Waals surface area contributed by atoms with E-state index >= 15 is 0 Å². The van der Waals surface area contributed by atoms with Crippen LogP contribution in [0.4, 0.5) is 5.82 Å². The monoisotopic (exact) mass is 205 g/mol. The lowest BCUT2D eigenvalue weighted by Crippen LogP contribution is -2.21. The van der Waals surface area contributed by atoms with Crippen LogP contribution in [0.5, 0.6) is 0 Å². The van der Waals surface area contributed by atoms with E-state index in [1.807, 2.05) is 13.8 Å². The molecule has 15 heavy (non-hydrogen) atoms. The van der Waals surface area contributed by atoms with Gasteiger partial charge in [-0.3, -0.25) is 4.79 Å². The molecule has 0 aliphatic heterocycles. The van der Waals surface area contributed by atoms with E-state index in [4.69, 9.17) is 5.73 Å². The summed E-state index contributed by atoms with van der Waals surface area (Å²) in [4.78, 5) is 15.1. The molecular formula is C11H15N3O. The van der Waals surface area contributed by atoms with Crippen LogP contribution in [0, 0.1) is 13.8 Å². The molecule has 1 heterocycles. The number of nitrogens with one attached hydrogen (secondary N) is 1. The minimum Gasteiger partial charge on any atom is -0.384 e. The maximum absolute atomic E-state index is 11.0. The van der Waals surface area contributed by atoms with Crippen LogP contribution in [0.1, 0.15) is 16.8 Å². The van der Waals surface area contributed by atoms with E-state index in [0.717, 1.165) is 16.8 Å². The molecule has 4 heteroatoms. The first-order valence-corrected chi connectivity index (χ1v) is 4.67. The van der Waals surface area contributed by atoms with Crippen molar-refractivity contribution in [3.05, 3.63) is 35.5 Å². The summed E-state index contributed by atoms with van der Waals surface area (Å²) in [5.74, 6) is 0.314. The molecule has 0 atom stereocenters. The lowest BCUT2D eigenvalue weighted by atomic mass is 10.1. The molecule has 4 nitrogen and oxygen atoms in total. The lowest BCUT2D eigenvalue weighted by Gasteiger charge is -2.10. The number of nitrogens with zero attached hydrogens (tertiary/aromatic N) is 1. The highest BCUT2D eigenvalue weighted by molar-refractivity contribution is 5.86. The van der Waals surface area contributed by atoms with Gasteiger partial charge in [0.2, 0.25) is 5.91 Å². The van der Waals surface area contributed by atoms with Gasteiger partial charge in [-0.25, -0.2) is 4.98 Å². The van der Waals surface area contributed by atoms with Crippen molar-refractivity contribution < 1.29 is 4.79 Å². The van der Waals surface area contributed by atoms with Crippen molar-refractivity contribution in [1.29, 1.82) is 0 Å². The summed E-state index contributed by atoms with van der Waals surface area (Å²) >= 11 is 0. The van der Waals surface area contributed by atoms with Crippen LogP contribution in [-0.4, -0.2) is 10.9 Å². The Hall–Kier alpha value is -1.84. The molecule has 1 aromatic heterocycles. The fourth-order valence-electron chi connectivity index (χ4n) is 1.40. The molecule has 0 bridgehead atoms. The molecular weight excluding hydrogens is 190 g/mol. The first-order valence-electron chi connectivity index (χ1n) is 4.67. The maximum atomic E-state index is 11.0. The molecule has 0 spiro atoms. The van der Waals surface area contributed by atoms with Gasteiger partial charge in [-0.1, -0.05) is 6.58 Å². The molecule has 0 aromatic carbocycles. The third kappa shape index (κ3) is 2.80. The number of amides is 1. The van der Waals surface area contributed by atoms with Crippen LogP contribution in [0.25, 0.3) is 0 Å². The Kier molecular flexibility index (Phi) is 3.44. The topological polar surface area (TPSA) is 68.0 Å². The Labute approximate surface area is 89.2 Å². The van der Waals surface area contributed by atoms with Crippen LogP contribution in [0.3, 0.4) is 0 Å². The summed E-state index contributed by atoms with van der Waals surface area (Å²) in [6.45, 7) is 7.66. The molecule has 3 N–H and O–H groups in total. The van der Waals surface area contributed by atoms with Gasteiger partial charge in [0, 0.05) is 12.2 Å². The van der Waals surface area contributed by atoms with E-state index in [-0.39, 0.29) is 5.91 Å². The van der Waals surface area contributed by atoms with Gasteiger partial charge < -0.3 is 11.1 Å². The highest BCUT2D eigenvalue weighted by atomic mass is 16.1. The second-order valence-electron chi connectivity index (χ2n) is 3.35. The average Bonchev–Trinajstić information content (AvgIpc) is 2.15. The largest absolute Gasteiger partial charge is 0.384 e. The maximum Gasteiger partial charge on any atom is 0.243 e. The molecule has 0 saturated carbocycles. The first kappa shape index (κ1) is 11.2. The van der Waals surface area contributed by atoms with Crippen LogP contribution < -0.4 is 11.1 Å². The average molecular weight is 205 g/mol. The fraction of sp³-hybridized carbons (Fsp3) is 0.273. The summed E-state index contributed by atoms with van der Waals surface area (Å²) in [5.41, 5.74) is 8.47. The van der Waals surface area contributed by atoms with E-state index in [0.29, 0.717) is 12.4 Å². The van der Waals surface area contributed by atoms with Crippen molar-refractivity contribution in [2.75, 3.05) is 5.73 Å². The summed E-state index contributed by atoms with van der Waals surface area (Å²) in [6.07, 6.45) is 1.25. The van der Waals surface area contributed by atoms with Gasteiger partial charge in [0.25, 0.3) is 0 Å². The number of anilines is 1. The fourth-order valence-corrected chi connectivity index (χ4v) is 1.40. The van der Waals surface area contributed by atoms with Gasteiger partial charge in [-0.15, -0.1) is 0 Å². The number of aryl methyl sites for hydroxylation is 2. The van der Waals surface area contributed by atoms with Gasteiger partial charge in [-0.2, -0.15) is 0 Å². The van der Waals surface area contributed by atoms with E-state index in [9.17, 15) is 4.79 Å². The number of carbonyl (C=O) groups excluding carboxylic acids is 1. The van der Waals surface area contributed by atoms with Crippen LogP contribution in [0.15, 0.2) is 18.7 Å². The SMILES string of the molecule is C=CC(=O)NCc1c(C)cc(N)nc1C. The summed E-state index contributed by atoms with van der Waals surface area (Å²) < 4.78 is 0. The number of hydrogen-bond acceptors (Lipinski definition) is 3. The Balaban J connectivity index is 2.85. The normalized spacial score (nSPS) is 9.73. The zero-order chi connectivity index (χ0) is 11.4. The van der Waals surface area contributed by atoms with Crippen molar-refractivity contribution in [2.45, 2.75) is 20.4 Å². The summed E-state index contributed by atoms with van der Waals surface area (Å²) in [5, 5.41) is 2.71. The predicted octanol–water partition coefficient (Wildman–Crippen LogP) is 1.08. The first-order chi connectivity index (χ1) is 7.04. The molecule has 0 saturated heterocycles. The highest BCUT2D eigenvalue weighted by Gasteiger charge is 2.05.